The molecular weight excluding hydrogens is 900 g/mol. The number of aliphatic imine (C=N–C) groups is 1. The maximum Gasteiger partial charge on any atom is 0.324 e. The van der Waals surface area contributed by atoms with Gasteiger partial charge in [-0.15, -0.1) is 0 Å². The Labute approximate surface area is 416 Å². The predicted octanol–water partition coefficient (Wildman–Crippen LogP) is 7.31. The number of cyclic esters (lactones) is 1. The van der Waals surface area contributed by atoms with Gasteiger partial charge in [-0.25, -0.2) is 9.82 Å². The number of halogens is 1. The first-order valence-corrected chi connectivity index (χ1v) is 25.8. The van der Waals surface area contributed by atoms with E-state index in [1.54, 1.807) is 19.4 Å². The fraction of sp³-hybridized carbons (Fsp3) is 0.536. The molecule has 5 atom stereocenters. The Hall–Kier alpha value is -5.93. The average molecular weight is 969 g/mol. The molecule has 2 aromatic carbocycles. The number of fused-ring (bicyclic) bond motifs is 6. The molecule has 3 saturated heterocycles. The molecule has 3 amide bonds. The number of benzene rings is 2. The van der Waals surface area contributed by atoms with E-state index in [1.165, 1.54) is 5.01 Å². The number of ether oxygens (including phenoxy) is 2. The minimum Gasteiger partial charge on any atom is -0.495 e. The maximum absolute atomic E-state index is 15.0. The van der Waals surface area contributed by atoms with Crippen LogP contribution in [0.4, 0.5) is 4.39 Å². The van der Waals surface area contributed by atoms with Gasteiger partial charge in [0.05, 0.1) is 25.5 Å². The molecule has 4 fully saturated rings. The smallest absolute Gasteiger partial charge is 0.324 e. The minimum atomic E-state index is -1.05. The Morgan fingerprint density at radius 2 is 1.83 bits per heavy atom. The van der Waals surface area contributed by atoms with Crippen molar-refractivity contribution < 1.29 is 33.0 Å². The van der Waals surface area contributed by atoms with E-state index in [2.05, 4.69) is 70.8 Å². The van der Waals surface area contributed by atoms with Gasteiger partial charge in [0.1, 0.15) is 42.0 Å². The molecule has 15 heteroatoms. The fourth-order valence-corrected chi connectivity index (χ4v) is 12.1. The fourth-order valence-electron chi connectivity index (χ4n) is 12.1. The zero-order valence-corrected chi connectivity index (χ0v) is 42.2. The van der Waals surface area contributed by atoms with Crippen LogP contribution in [0.1, 0.15) is 95.5 Å². The Balaban J connectivity index is 0.996. The number of aryl methyl sites for hydroxylation is 1. The average Bonchev–Trinajstić information content (AvgIpc) is 4.27. The number of hydrogen-bond acceptors (Lipinski definition) is 10. The predicted molar refractivity (Wildman–Crippen MR) is 271 cm³/mol. The summed E-state index contributed by atoms with van der Waals surface area (Å²) in [6.07, 6.45) is 7.39. The highest BCUT2D eigenvalue weighted by Crippen LogP contribution is 2.45. The van der Waals surface area contributed by atoms with Crippen LogP contribution >= 0.6 is 0 Å². The first-order valence-electron chi connectivity index (χ1n) is 25.8. The molecule has 1 aliphatic carbocycles. The van der Waals surface area contributed by atoms with Gasteiger partial charge >= 0.3 is 5.97 Å². The molecule has 2 N–H and O–H groups in total. The van der Waals surface area contributed by atoms with Crippen LogP contribution in [-0.2, 0) is 54.7 Å². The topological polar surface area (TPSA) is 151 Å². The van der Waals surface area contributed by atoms with Gasteiger partial charge in [0.25, 0.3) is 11.8 Å². The number of hydrogen-bond donors (Lipinski definition) is 2. The normalized spacial score (nSPS) is 25.0. The van der Waals surface area contributed by atoms with Crippen LogP contribution in [0, 0.1) is 22.7 Å². The summed E-state index contributed by atoms with van der Waals surface area (Å²) < 4.78 is 29.1. The van der Waals surface area contributed by atoms with Crippen molar-refractivity contribution in [2.75, 3.05) is 46.4 Å². The van der Waals surface area contributed by atoms with Gasteiger partial charge in [-0.05, 0) is 128 Å². The second kappa shape index (κ2) is 19.2. The summed E-state index contributed by atoms with van der Waals surface area (Å²) in [5, 5.41) is 5.67. The number of esters is 1. The van der Waals surface area contributed by atoms with Crippen LogP contribution in [0.25, 0.3) is 39.0 Å². The lowest BCUT2D eigenvalue weighted by Crippen LogP contribution is -2.62. The first-order chi connectivity index (χ1) is 34.1. The molecule has 2 aromatic heterocycles. The highest BCUT2D eigenvalue weighted by atomic mass is 19.1. The second-order valence-electron chi connectivity index (χ2n) is 22.2. The molecule has 4 aromatic rings. The number of pyridine rings is 1. The monoisotopic (exact) mass is 969 g/mol. The lowest BCUT2D eigenvalue weighted by atomic mass is 9.84. The molecule has 0 radical (unpaired) electrons. The molecular formula is C56H69FN8O6. The van der Waals surface area contributed by atoms with Gasteiger partial charge in [-0.3, -0.25) is 39.1 Å². The number of carbonyl (C=O) groups is 4. The van der Waals surface area contributed by atoms with Gasteiger partial charge < -0.3 is 24.3 Å². The van der Waals surface area contributed by atoms with E-state index in [4.69, 9.17) is 14.5 Å². The lowest BCUT2D eigenvalue weighted by molar-refractivity contribution is -0.155. The quantitative estimate of drug-likeness (QED) is 0.117. The van der Waals surface area contributed by atoms with E-state index in [-0.39, 0.29) is 48.1 Å². The van der Waals surface area contributed by atoms with Crippen LogP contribution in [0.3, 0.4) is 0 Å². The van der Waals surface area contributed by atoms with Crippen molar-refractivity contribution >= 4 is 46.1 Å². The van der Waals surface area contributed by atoms with Gasteiger partial charge in [-0.2, -0.15) is 0 Å². The zero-order chi connectivity index (χ0) is 49.9. The summed E-state index contributed by atoms with van der Waals surface area (Å²) in [5.41, 5.74) is 10.6. The number of rotatable bonds is 11. The number of aromatic nitrogens is 2. The number of carbonyl (C=O) groups excluding carboxylic acids is 4. The summed E-state index contributed by atoms with van der Waals surface area (Å²) >= 11 is 0. The van der Waals surface area contributed by atoms with E-state index in [0.29, 0.717) is 87.0 Å². The number of amides is 3. The van der Waals surface area contributed by atoms with Crippen molar-refractivity contribution in [1.29, 1.82) is 0 Å². The van der Waals surface area contributed by atoms with Crippen LogP contribution in [0.2, 0.25) is 0 Å². The highest BCUT2D eigenvalue weighted by molar-refractivity contribution is 6.46. The summed E-state index contributed by atoms with van der Waals surface area (Å²) in [6, 6.07) is 13.6. The lowest BCUT2D eigenvalue weighted by Gasteiger charge is -2.37. The number of nitrogens with one attached hydrogen (secondary N) is 2. The summed E-state index contributed by atoms with van der Waals surface area (Å²) in [7, 11) is 1.58. The number of methoxy groups -OCH3 is 1. The molecule has 376 valence electrons. The van der Waals surface area contributed by atoms with Crippen molar-refractivity contribution in [2.24, 2.45) is 27.7 Å². The Kier molecular flexibility index (Phi) is 13.2. The third-order valence-corrected chi connectivity index (χ3v) is 15.9. The molecule has 7 heterocycles. The first kappa shape index (κ1) is 48.7. The maximum atomic E-state index is 15.0. The third-order valence-electron chi connectivity index (χ3n) is 15.9. The Morgan fingerprint density at radius 3 is 2.58 bits per heavy atom. The minimum absolute atomic E-state index is 0.0743. The van der Waals surface area contributed by atoms with Crippen LogP contribution in [-0.4, -0.2) is 124 Å². The van der Waals surface area contributed by atoms with Gasteiger partial charge in [-0.1, -0.05) is 52.5 Å². The van der Waals surface area contributed by atoms with Crippen molar-refractivity contribution in [2.45, 2.75) is 123 Å². The highest BCUT2D eigenvalue weighted by Gasteiger charge is 2.52. The molecule has 6 aliphatic rings. The van der Waals surface area contributed by atoms with Crippen molar-refractivity contribution in [3.05, 3.63) is 83.7 Å². The Morgan fingerprint density at radius 1 is 1.03 bits per heavy atom. The van der Waals surface area contributed by atoms with Crippen LogP contribution < -0.4 is 10.7 Å². The standard InChI is InChI=1S/C56H69FN8O6/c1-8-64-45-16-15-38-27-41(45)42(50(64)40-11-9-19-58-46(40)34(4)70-7)28-55(5,6)32-71-54(69)43-12-10-20-65(61-43)52(67)44(26-35-23-36(29-57)25-39(38)24-35)59-51(66)49(33(2)3)62-21-17-56(30-62)18-22-63(31-56)53(68)48-47(60-48)37-13-14-37/h9,11,15-16,19,23-25,27,33,37,43-44,47,49,61H,4,8,10,12-14,17-18,20-22,26,28-32H2,1-3,5-7H3,(H,59,66)/t43-,44-,47+,49-,56-/m0/s1. The summed E-state index contributed by atoms with van der Waals surface area (Å²) in [5.74, 6) is -0.133. The van der Waals surface area contributed by atoms with Crippen molar-refractivity contribution in [1.82, 2.24) is 35.1 Å². The summed E-state index contributed by atoms with van der Waals surface area (Å²) in [4.78, 5) is 70.8. The third kappa shape index (κ3) is 9.63. The molecule has 71 heavy (non-hydrogen) atoms. The van der Waals surface area contributed by atoms with E-state index in [0.717, 1.165) is 70.2 Å². The number of hydrazine groups is 1. The zero-order valence-electron chi connectivity index (χ0n) is 42.2. The SMILES string of the molecule is C=C(OC)c1ncccc1-c1c2c3cc(ccc3n1CC)-c1cc(CF)cc(c1)C[C@H](NC(=O)[C@H](C(C)C)N1CC[C@]3(CCN(C(=O)C4=N[C@@H]4C4CC4)C3)C1)C(=O)N1CCC[C@H](N1)C(=O)OCC(C)(C)C2. The van der Waals surface area contributed by atoms with Gasteiger partial charge in [0.2, 0.25) is 5.91 Å². The summed E-state index contributed by atoms with van der Waals surface area (Å²) in [6.45, 7) is 17.6. The number of alkyl halides is 1. The molecule has 1 spiro atoms. The Bertz CT molecular complexity index is 2820. The number of likely N-dealkylation sites (tertiary alicyclic amines) is 2. The van der Waals surface area contributed by atoms with Crippen molar-refractivity contribution in [3.63, 3.8) is 0 Å². The van der Waals surface area contributed by atoms with E-state index >= 15 is 4.39 Å². The molecule has 5 aliphatic heterocycles. The van der Waals surface area contributed by atoms with Gasteiger partial charge in [0, 0.05) is 72.6 Å². The molecule has 10 rings (SSSR count). The molecule has 0 unspecified atom stereocenters. The molecule has 1 saturated carbocycles. The van der Waals surface area contributed by atoms with Crippen LogP contribution in [0.15, 0.2) is 66.3 Å². The molecule has 14 nitrogen and oxygen atoms in total. The number of nitrogens with zero attached hydrogens (tertiary/aromatic N) is 6. The second-order valence-corrected chi connectivity index (χ2v) is 22.2. The largest absolute Gasteiger partial charge is 0.495 e. The molecule has 6 bridgehead atoms. The van der Waals surface area contributed by atoms with Crippen molar-refractivity contribution in [3.8, 4) is 22.4 Å². The van der Waals surface area contributed by atoms with Crippen LogP contribution in [0.5, 0.6) is 0 Å². The van der Waals surface area contributed by atoms with E-state index in [9.17, 15) is 19.2 Å². The van der Waals surface area contributed by atoms with Gasteiger partial charge in [0.15, 0.2) is 0 Å². The van der Waals surface area contributed by atoms with E-state index in [1.807, 2.05) is 43.0 Å². The van der Waals surface area contributed by atoms with E-state index < -0.39 is 36.2 Å².